The molecule has 0 amide bonds. The van der Waals surface area contributed by atoms with Gasteiger partial charge in [0.2, 0.25) is 0 Å². The van der Waals surface area contributed by atoms with Crippen molar-refractivity contribution >= 4 is 0 Å². The van der Waals surface area contributed by atoms with Crippen molar-refractivity contribution in [1.82, 2.24) is 10.3 Å². The van der Waals surface area contributed by atoms with Gasteiger partial charge in [-0.2, -0.15) is 0 Å². The number of rotatable bonds is 6. The van der Waals surface area contributed by atoms with Crippen LogP contribution in [0.3, 0.4) is 0 Å². The number of hydrogen-bond donors (Lipinski definition) is 1. The van der Waals surface area contributed by atoms with Gasteiger partial charge >= 0.3 is 0 Å². The lowest BCUT2D eigenvalue weighted by Gasteiger charge is -2.18. The molecular formula is C15H26N2O. The number of nitrogens with one attached hydrogen (secondary N) is 1. The van der Waals surface area contributed by atoms with Crippen molar-refractivity contribution in [2.24, 2.45) is 5.92 Å². The zero-order valence-electron chi connectivity index (χ0n) is 11.7. The maximum absolute atomic E-state index is 5.88. The molecular weight excluding hydrogens is 224 g/mol. The third kappa shape index (κ3) is 4.13. The molecule has 1 aromatic heterocycles. The first kappa shape index (κ1) is 13.6. The fourth-order valence-electron chi connectivity index (χ4n) is 2.60. The average molecular weight is 250 g/mol. The third-order valence-electron chi connectivity index (χ3n) is 3.65. The SMILES string of the molecule is CC(C)CNCCc1ncc(C2CCCCC2)o1. The van der Waals surface area contributed by atoms with Gasteiger partial charge in [0.1, 0.15) is 5.76 Å². The van der Waals surface area contributed by atoms with Crippen LogP contribution in [-0.2, 0) is 6.42 Å². The van der Waals surface area contributed by atoms with E-state index < -0.39 is 0 Å². The summed E-state index contributed by atoms with van der Waals surface area (Å²) in [5.41, 5.74) is 0. The molecule has 1 aliphatic carbocycles. The smallest absolute Gasteiger partial charge is 0.195 e. The van der Waals surface area contributed by atoms with Crippen molar-refractivity contribution in [3.8, 4) is 0 Å². The second kappa shape index (κ2) is 6.93. The molecule has 1 N–H and O–H groups in total. The molecule has 1 heterocycles. The fraction of sp³-hybridized carbons (Fsp3) is 0.800. The number of nitrogens with zero attached hydrogens (tertiary/aromatic N) is 1. The first-order valence-corrected chi connectivity index (χ1v) is 7.41. The predicted molar refractivity (Wildman–Crippen MR) is 73.7 cm³/mol. The van der Waals surface area contributed by atoms with E-state index in [1.54, 1.807) is 0 Å². The van der Waals surface area contributed by atoms with Crippen molar-refractivity contribution in [3.63, 3.8) is 0 Å². The highest BCUT2D eigenvalue weighted by Gasteiger charge is 2.19. The van der Waals surface area contributed by atoms with Crippen LogP contribution in [0.4, 0.5) is 0 Å². The van der Waals surface area contributed by atoms with Crippen molar-refractivity contribution in [1.29, 1.82) is 0 Å². The lowest BCUT2D eigenvalue weighted by atomic mass is 9.88. The molecule has 3 nitrogen and oxygen atoms in total. The predicted octanol–water partition coefficient (Wildman–Crippen LogP) is 3.51. The summed E-state index contributed by atoms with van der Waals surface area (Å²) in [6.45, 7) is 6.47. The molecule has 1 saturated carbocycles. The van der Waals surface area contributed by atoms with Crippen molar-refractivity contribution in [2.45, 2.75) is 58.3 Å². The van der Waals surface area contributed by atoms with Crippen LogP contribution in [-0.4, -0.2) is 18.1 Å². The lowest BCUT2D eigenvalue weighted by molar-refractivity contribution is 0.358. The van der Waals surface area contributed by atoms with Gasteiger partial charge in [0.15, 0.2) is 5.89 Å². The summed E-state index contributed by atoms with van der Waals surface area (Å²) in [4.78, 5) is 4.40. The number of oxazole rings is 1. The molecule has 0 saturated heterocycles. The van der Waals surface area contributed by atoms with Gasteiger partial charge in [-0.1, -0.05) is 33.1 Å². The quantitative estimate of drug-likeness (QED) is 0.785. The van der Waals surface area contributed by atoms with Crippen molar-refractivity contribution in [2.75, 3.05) is 13.1 Å². The Morgan fingerprint density at radius 2 is 2.11 bits per heavy atom. The maximum Gasteiger partial charge on any atom is 0.195 e. The topological polar surface area (TPSA) is 38.1 Å². The highest BCUT2D eigenvalue weighted by molar-refractivity contribution is 5.03. The Balaban J connectivity index is 1.75. The second-order valence-electron chi connectivity index (χ2n) is 5.84. The Morgan fingerprint density at radius 3 is 2.83 bits per heavy atom. The largest absolute Gasteiger partial charge is 0.445 e. The summed E-state index contributed by atoms with van der Waals surface area (Å²) in [7, 11) is 0. The van der Waals surface area contributed by atoms with E-state index in [9.17, 15) is 0 Å². The first-order chi connectivity index (χ1) is 8.75. The molecule has 0 aromatic carbocycles. The van der Waals surface area contributed by atoms with E-state index in [-0.39, 0.29) is 0 Å². The molecule has 0 bridgehead atoms. The van der Waals surface area contributed by atoms with Gasteiger partial charge < -0.3 is 9.73 Å². The first-order valence-electron chi connectivity index (χ1n) is 7.41. The van der Waals surface area contributed by atoms with Crippen LogP contribution in [0.25, 0.3) is 0 Å². The summed E-state index contributed by atoms with van der Waals surface area (Å²) >= 11 is 0. The van der Waals surface area contributed by atoms with Gasteiger partial charge in [-0.3, -0.25) is 0 Å². The lowest BCUT2D eigenvalue weighted by Crippen LogP contribution is -2.22. The van der Waals surface area contributed by atoms with E-state index in [4.69, 9.17) is 4.42 Å². The van der Waals surface area contributed by atoms with E-state index >= 15 is 0 Å². The Bertz CT molecular complexity index is 340. The molecule has 102 valence electrons. The molecule has 1 fully saturated rings. The minimum absolute atomic E-state index is 0.628. The minimum atomic E-state index is 0.628. The molecule has 0 unspecified atom stereocenters. The summed E-state index contributed by atoms with van der Waals surface area (Å²) in [6, 6.07) is 0. The molecule has 0 atom stereocenters. The molecule has 1 aliphatic rings. The van der Waals surface area contributed by atoms with Crippen LogP contribution >= 0.6 is 0 Å². The summed E-state index contributed by atoms with van der Waals surface area (Å²) in [6.07, 6.45) is 9.48. The van der Waals surface area contributed by atoms with Crippen LogP contribution in [0, 0.1) is 5.92 Å². The second-order valence-corrected chi connectivity index (χ2v) is 5.84. The highest BCUT2D eigenvalue weighted by Crippen LogP contribution is 2.32. The van der Waals surface area contributed by atoms with Gasteiger partial charge in [0.25, 0.3) is 0 Å². The van der Waals surface area contributed by atoms with Gasteiger partial charge in [-0.25, -0.2) is 4.98 Å². The van der Waals surface area contributed by atoms with Gasteiger partial charge in [-0.15, -0.1) is 0 Å². The van der Waals surface area contributed by atoms with Crippen molar-refractivity contribution in [3.05, 3.63) is 17.8 Å². The zero-order chi connectivity index (χ0) is 12.8. The van der Waals surface area contributed by atoms with E-state index in [0.717, 1.165) is 31.2 Å². The van der Waals surface area contributed by atoms with E-state index in [2.05, 4.69) is 24.1 Å². The van der Waals surface area contributed by atoms with Crippen LogP contribution < -0.4 is 5.32 Å². The Labute approximate surface area is 110 Å². The molecule has 0 aliphatic heterocycles. The molecule has 3 heteroatoms. The summed E-state index contributed by atoms with van der Waals surface area (Å²) < 4.78 is 5.88. The normalized spacial score (nSPS) is 17.5. The van der Waals surface area contributed by atoms with Crippen LogP contribution in [0.5, 0.6) is 0 Å². The fourth-order valence-corrected chi connectivity index (χ4v) is 2.60. The van der Waals surface area contributed by atoms with Crippen LogP contribution in [0.1, 0.15) is 63.5 Å². The molecule has 1 aromatic rings. The van der Waals surface area contributed by atoms with Gasteiger partial charge in [0, 0.05) is 18.9 Å². The Morgan fingerprint density at radius 1 is 1.33 bits per heavy atom. The minimum Gasteiger partial charge on any atom is -0.445 e. The third-order valence-corrected chi connectivity index (χ3v) is 3.65. The number of hydrogen-bond acceptors (Lipinski definition) is 3. The van der Waals surface area contributed by atoms with Gasteiger partial charge in [0.05, 0.1) is 6.20 Å². The average Bonchev–Trinajstić information content (AvgIpc) is 2.84. The standard InChI is InChI=1S/C15H26N2O/c1-12(2)10-16-9-8-15-17-11-14(18-15)13-6-4-3-5-7-13/h11-13,16H,3-10H2,1-2H3. The Kier molecular flexibility index (Phi) is 5.24. The molecule has 0 spiro atoms. The summed E-state index contributed by atoms with van der Waals surface area (Å²) in [5, 5.41) is 3.42. The van der Waals surface area contributed by atoms with Crippen molar-refractivity contribution < 1.29 is 4.42 Å². The van der Waals surface area contributed by atoms with Gasteiger partial charge in [-0.05, 0) is 25.3 Å². The highest BCUT2D eigenvalue weighted by atomic mass is 16.4. The molecule has 2 rings (SSSR count). The monoisotopic (exact) mass is 250 g/mol. The zero-order valence-corrected chi connectivity index (χ0v) is 11.7. The Hall–Kier alpha value is -0.830. The van der Waals surface area contributed by atoms with Crippen LogP contribution in [0.15, 0.2) is 10.6 Å². The van der Waals surface area contributed by atoms with E-state index in [1.807, 2.05) is 6.20 Å². The number of aromatic nitrogens is 1. The van der Waals surface area contributed by atoms with Crippen LogP contribution in [0.2, 0.25) is 0 Å². The molecule has 0 radical (unpaired) electrons. The maximum atomic E-state index is 5.88. The van der Waals surface area contributed by atoms with E-state index in [0.29, 0.717) is 11.8 Å². The molecule has 18 heavy (non-hydrogen) atoms. The van der Waals surface area contributed by atoms with E-state index in [1.165, 1.54) is 32.1 Å². The summed E-state index contributed by atoms with van der Waals surface area (Å²) in [5.74, 6) is 3.34.